The number of benzene rings is 8. The summed E-state index contributed by atoms with van der Waals surface area (Å²) in [6, 6.07) is 72.3. The van der Waals surface area contributed by atoms with E-state index in [4.69, 9.17) is 5.84 Å². The van der Waals surface area contributed by atoms with Crippen LogP contribution in [0.5, 0.6) is 0 Å². The Morgan fingerprint density at radius 1 is 0.241 bits per heavy atom. The molecule has 0 radical (unpaired) electrons. The first-order valence-corrected chi connectivity index (χ1v) is 18.2. The van der Waals surface area contributed by atoms with Crippen LogP contribution in [0.25, 0.3) is 0 Å². The van der Waals surface area contributed by atoms with Gasteiger partial charge in [-0.15, -0.1) is 0 Å². The molecule has 0 bridgehead atoms. The molecule has 0 saturated heterocycles. The van der Waals surface area contributed by atoms with Crippen molar-refractivity contribution in [1.29, 1.82) is 0 Å². The Bertz CT molecular complexity index is 2310. The standard InChI is InChI=1S/C48H36N6/c49-54(39-31-27-37(28-32-39)52-45-23-11-7-19-41(45)50(35-15-3-1-4-16-35)42-20-8-12-24-46(42)52)40-33-29-38(30-34-40)53-47-25-13-9-21-43(47)51(36-17-5-2-6-18-36)44-22-10-14-26-48(44)53/h1-34H,49H2. The van der Waals surface area contributed by atoms with Crippen molar-refractivity contribution in [2.45, 2.75) is 0 Å². The van der Waals surface area contributed by atoms with E-state index in [-0.39, 0.29) is 0 Å². The monoisotopic (exact) mass is 696 g/mol. The molecule has 0 unspecified atom stereocenters. The number of hydrogen-bond donors (Lipinski definition) is 1. The molecule has 0 aliphatic carbocycles. The number of rotatable bonds is 6. The van der Waals surface area contributed by atoms with Crippen LogP contribution in [0.2, 0.25) is 0 Å². The van der Waals surface area contributed by atoms with Gasteiger partial charge in [-0.25, -0.2) is 5.84 Å². The summed E-state index contributed by atoms with van der Waals surface area (Å²) >= 11 is 0. The Balaban J connectivity index is 0.962. The van der Waals surface area contributed by atoms with Crippen LogP contribution < -0.4 is 30.5 Å². The van der Waals surface area contributed by atoms with Crippen molar-refractivity contribution in [3.63, 3.8) is 0 Å². The lowest BCUT2D eigenvalue weighted by Crippen LogP contribution is -2.26. The zero-order valence-electron chi connectivity index (χ0n) is 29.4. The molecule has 0 spiro atoms. The highest BCUT2D eigenvalue weighted by Gasteiger charge is 2.31. The molecule has 0 saturated carbocycles. The minimum Gasteiger partial charge on any atom is -0.306 e. The Hall–Kier alpha value is -7.28. The summed E-state index contributed by atoms with van der Waals surface area (Å²) in [7, 11) is 0. The summed E-state index contributed by atoms with van der Waals surface area (Å²) in [5.41, 5.74) is 15.1. The lowest BCUT2D eigenvalue weighted by molar-refractivity contribution is 1.08. The molecule has 2 aliphatic rings. The maximum absolute atomic E-state index is 6.84. The van der Waals surface area contributed by atoms with Gasteiger partial charge in [-0.2, -0.15) is 0 Å². The second kappa shape index (κ2) is 13.0. The van der Waals surface area contributed by atoms with E-state index in [1.807, 2.05) is 0 Å². The number of hydrogen-bond acceptors (Lipinski definition) is 6. The topological polar surface area (TPSA) is 42.2 Å². The van der Waals surface area contributed by atoms with Crippen molar-refractivity contribution in [1.82, 2.24) is 0 Å². The van der Waals surface area contributed by atoms with Gasteiger partial charge in [-0.1, -0.05) is 84.9 Å². The number of fused-ring (bicyclic) bond motifs is 4. The molecule has 2 N–H and O–H groups in total. The Morgan fingerprint density at radius 2 is 0.444 bits per heavy atom. The largest absolute Gasteiger partial charge is 0.306 e. The van der Waals surface area contributed by atoms with Crippen LogP contribution in [0.15, 0.2) is 206 Å². The highest BCUT2D eigenvalue weighted by atomic mass is 15.4. The normalized spacial score (nSPS) is 12.8. The molecule has 0 atom stereocenters. The molecule has 258 valence electrons. The second-order valence-electron chi connectivity index (χ2n) is 13.4. The van der Waals surface area contributed by atoms with E-state index < -0.39 is 0 Å². The summed E-state index contributed by atoms with van der Waals surface area (Å²) in [5.74, 6) is 6.84. The summed E-state index contributed by atoms with van der Waals surface area (Å²) < 4.78 is 0. The summed E-state index contributed by atoms with van der Waals surface area (Å²) in [6.45, 7) is 0. The smallest absolute Gasteiger partial charge is 0.0703 e. The molecule has 2 heterocycles. The molecule has 6 heteroatoms. The van der Waals surface area contributed by atoms with E-state index in [1.54, 1.807) is 5.01 Å². The van der Waals surface area contributed by atoms with Crippen molar-refractivity contribution in [2.24, 2.45) is 5.84 Å². The molecule has 6 nitrogen and oxygen atoms in total. The van der Waals surface area contributed by atoms with Crippen LogP contribution in [0.4, 0.5) is 79.6 Å². The van der Waals surface area contributed by atoms with Crippen molar-refractivity contribution in [3.05, 3.63) is 206 Å². The van der Waals surface area contributed by atoms with Crippen LogP contribution in [-0.4, -0.2) is 0 Å². The summed E-state index contributed by atoms with van der Waals surface area (Å²) in [6.07, 6.45) is 0. The van der Waals surface area contributed by atoms with Gasteiger partial charge in [0.25, 0.3) is 0 Å². The zero-order valence-corrected chi connectivity index (χ0v) is 29.4. The predicted octanol–water partition coefficient (Wildman–Crippen LogP) is 13.2. The first-order chi connectivity index (χ1) is 26.7. The van der Waals surface area contributed by atoms with E-state index in [0.717, 1.165) is 79.6 Å². The van der Waals surface area contributed by atoms with E-state index >= 15 is 0 Å². The molecule has 8 aromatic carbocycles. The third-order valence-corrected chi connectivity index (χ3v) is 10.3. The van der Waals surface area contributed by atoms with E-state index in [2.05, 4.69) is 226 Å². The Morgan fingerprint density at radius 3 is 0.685 bits per heavy atom. The number of para-hydroxylation sites is 10. The number of anilines is 14. The average molecular weight is 697 g/mol. The highest BCUT2D eigenvalue weighted by molar-refractivity contribution is 6.03. The van der Waals surface area contributed by atoms with Crippen molar-refractivity contribution < 1.29 is 0 Å². The lowest BCUT2D eigenvalue weighted by atomic mass is 10.0. The predicted molar refractivity (Wildman–Crippen MR) is 225 cm³/mol. The molecular weight excluding hydrogens is 661 g/mol. The zero-order chi connectivity index (χ0) is 36.0. The van der Waals surface area contributed by atoms with Crippen molar-refractivity contribution >= 4 is 79.6 Å². The number of nitrogens with zero attached hydrogens (tertiary/aromatic N) is 5. The van der Waals surface area contributed by atoms with E-state index in [9.17, 15) is 0 Å². The molecule has 0 aromatic heterocycles. The fourth-order valence-corrected chi connectivity index (χ4v) is 7.83. The third-order valence-electron chi connectivity index (χ3n) is 10.3. The first kappa shape index (κ1) is 31.5. The molecule has 10 rings (SSSR count). The Labute approximate surface area is 315 Å². The minimum atomic E-state index is 0.892. The maximum atomic E-state index is 6.84. The SMILES string of the molecule is NN(c1ccc(N2c3ccccc3N(c3ccccc3)c3ccccc32)cc1)c1ccc(N2c3ccccc3N(c3ccccc3)c3ccccc32)cc1. The van der Waals surface area contributed by atoms with Gasteiger partial charge in [0.2, 0.25) is 0 Å². The maximum Gasteiger partial charge on any atom is 0.0703 e. The second-order valence-corrected chi connectivity index (χ2v) is 13.4. The van der Waals surface area contributed by atoms with Crippen LogP contribution in [0, 0.1) is 0 Å². The van der Waals surface area contributed by atoms with Gasteiger partial charge in [0.1, 0.15) is 0 Å². The fraction of sp³-hybridized carbons (Fsp3) is 0. The molecule has 0 amide bonds. The average Bonchev–Trinajstić information content (AvgIpc) is 3.25. The highest BCUT2D eigenvalue weighted by Crippen LogP contribution is 2.55. The van der Waals surface area contributed by atoms with Crippen LogP contribution in [0.3, 0.4) is 0 Å². The molecule has 2 aliphatic heterocycles. The van der Waals surface area contributed by atoms with Gasteiger partial charge in [-0.05, 0) is 121 Å². The van der Waals surface area contributed by atoms with Crippen molar-refractivity contribution in [2.75, 3.05) is 24.6 Å². The number of nitrogens with two attached hydrogens (primary N) is 1. The van der Waals surface area contributed by atoms with Crippen LogP contribution in [-0.2, 0) is 0 Å². The first-order valence-electron chi connectivity index (χ1n) is 18.2. The van der Waals surface area contributed by atoms with Crippen molar-refractivity contribution in [3.8, 4) is 0 Å². The van der Waals surface area contributed by atoms with Gasteiger partial charge < -0.3 is 19.6 Å². The lowest BCUT2D eigenvalue weighted by Gasteiger charge is -2.40. The van der Waals surface area contributed by atoms with Crippen LogP contribution in [0.1, 0.15) is 0 Å². The quantitative estimate of drug-likeness (QED) is 0.138. The van der Waals surface area contributed by atoms with Gasteiger partial charge in [-0.3, -0.25) is 5.01 Å². The van der Waals surface area contributed by atoms with Gasteiger partial charge >= 0.3 is 0 Å². The molecule has 54 heavy (non-hydrogen) atoms. The molecule has 0 fully saturated rings. The Kier molecular flexibility index (Phi) is 7.60. The van der Waals surface area contributed by atoms with E-state index in [1.165, 1.54) is 0 Å². The summed E-state index contributed by atoms with van der Waals surface area (Å²) in [5, 5.41) is 1.75. The third kappa shape index (κ3) is 5.16. The molecular formula is C48H36N6. The fourth-order valence-electron chi connectivity index (χ4n) is 7.83. The molecule has 8 aromatic rings. The van der Waals surface area contributed by atoms with Gasteiger partial charge in [0, 0.05) is 22.7 Å². The van der Waals surface area contributed by atoms with E-state index in [0.29, 0.717) is 0 Å². The summed E-state index contributed by atoms with van der Waals surface area (Å²) in [4.78, 5) is 9.33. The van der Waals surface area contributed by atoms with Gasteiger partial charge in [0.15, 0.2) is 0 Å². The minimum absolute atomic E-state index is 0.892. The number of hydrazine groups is 1. The van der Waals surface area contributed by atoms with Crippen LogP contribution >= 0.6 is 0 Å². The van der Waals surface area contributed by atoms with Gasteiger partial charge in [0.05, 0.1) is 56.9 Å².